The Bertz CT molecular complexity index is 843. The van der Waals surface area contributed by atoms with Crippen LogP contribution in [0, 0.1) is 13.8 Å². The lowest BCUT2D eigenvalue weighted by molar-refractivity contribution is -0.129. The van der Waals surface area contributed by atoms with Crippen molar-refractivity contribution in [3.8, 4) is 5.75 Å². The summed E-state index contributed by atoms with van der Waals surface area (Å²) in [6, 6.07) is 13.6. The Labute approximate surface area is 171 Å². The maximum absolute atomic E-state index is 12.3. The van der Waals surface area contributed by atoms with Crippen LogP contribution in [0.2, 0.25) is 0 Å². The van der Waals surface area contributed by atoms with Gasteiger partial charge in [0.05, 0.1) is 25.7 Å². The van der Waals surface area contributed by atoms with Crippen molar-refractivity contribution in [1.29, 1.82) is 0 Å². The van der Waals surface area contributed by atoms with Gasteiger partial charge in [0.15, 0.2) is 0 Å². The molecule has 0 radical (unpaired) electrons. The highest BCUT2D eigenvalue weighted by atomic mass is 16.5. The fourth-order valence-electron chi connectivity index (χ4n) is 3.45. The Morgan fingerprint density at radius 1 is 1.17 bits per heavy atom. The summed E-state index contributed by atoms with van der Waals surface area (Å²) in [7, 11) is 0. The van der Waals surface area contributed by atoms with Crippen molar-refractivity contribution < 1.29 is 19.1 Å². The SMILES string of the molecule is CCOc1ccc(CC(=O)NCC2CN(c3cc(C)cc(C)c3)C(=O)CO2)cc1. The van der Waals surface area contributed by atoms with E-state index in [1.807, 2.05) is 57.2 Å². The Kier molecular flexibility index (Phi) is 6.88. The highest BCUT2D eigenvalue weighted by molar-refractivity contribution is 5.95. The molecule has 1 unspecified atom stereocenters. The predicted molar refractivity (Wildman–Crippen MR) is 112 cm³/mol. The normalized spacial score (nSPS) is 16.6. The molecule has 6 heteroatoms. The molecule has 0 aliphatic carbocycles. The molecule has 2 aromatic rings. The molecule has 3 rings (SSSR count). The molecule has 29 heavy (non-hydrogen) atoms. The lowest BCUT2D eigenvalue weighted by Crippen LogP contribution is -2.50. The molecule has 0 saturated carbocycles. The van der Waals surface area contributed by atoms with Gasteiger partial charge in [0.25, 0.3) is 5.91 Å². The van der Waals surface area contributed by atoms with Gasteiger partial charge < -0.3 is 19.7 Å². The molecule has 1 saturated heterocycles. The fraction of sp³-hybridized carbons (Fsp3) is 0.391. The van der Waals surface area contributed by atoms with Gasteiger partial charge in [-0.2, -0.15) is 0 Å². The van der Waals surface area contributed by atoms with Crippen LogP contribution in [0.25, 0.3) is 0 Å². The summed E-state index contributed by atoms with van der Waals surface area (Å²) in [4.78, 5) is 26.4. The molecule has 1 fully saturated rings. The second kappa shape index (κ2) is 9.56. The van der Waals surface area contributed by atoms with Gasteiger partial charge in [-0.15, -0.1) is 0 Å². The summed E-state index contributed by atoms with van der Waals surface area (Å²) >= 11 is 0. The lowest BCUT2D eigenvalue weighted by atomic mass is 10.1. The van der Waals surface area contributed by atoms with Crippen molar-refractivity contribution in [1.82, 2.24) is 5.32 Å². The van der Waals surface area contributed by atoms with Crippen LogP contribution in [0.4, 0.5) is 5.69 Å². The Hall–Kier alpha value is -2.86. The zero-order valence-corrected chi connectivity index (χ0v) is 17.2. The molecule has 6 nitrogen and oxygen atoms in total. The van der Waals surface area contributed by atoms with Crippen LogP contribution in [0.15, 0.2) is 42.5 Å². The number of nitrogens with zero attached hydrogens (tertiary/aromatic N) is 1. The largest absolute Gasteiger partial charge is 0.494 e. The molecule has 0 bridgehead atoms. The number of carbonyl (C=O) groups excluding carboxylic acids is 2. The van der Waals surface area contributed by atoms with E-state index in [9.17, 15) is 9.59 Å². The van der Waals surface area contributed by atoms with Gasteiger partial charge in [0.2, 0.25) is 5.91 Å². The fourth-order valence-corrected chi connectivity index (χ4v) is 3.45. The Morgan fingerprint density at radius 2 is 1.86 bits per heavy atom. The van der Waals surface area contributed by atoms with Crippen molar-refractivity contribution >= 4 is 17.5 Å². The van der Waals surface area contributed by atoms with Crippen molar-refractivity contribution in [2.24, 2.45) is 0 Å². The number of carbonyl (C=O) groups is 2. The van der Waals surface area contributed by atoms with Crippen molar-refractivity contribution in [3.05, 3.63) is 59.2 Å². The minimum atomic E-state index is -0.238. The number of amides is 2. The van der Waals surface area contributed by atoms with Crippen LogP contribution < -0.4 is 15.0 Å². The van der Waals surface area contributed by atoms with E-state index < -0.39 is 0 Å². The first-order valence-corrected chi connectivity index (χ1v) is 9.93. The van der Waals surface area contributed by atoms with Gasteiger partial charge >= 0.3 is 0 Å². The molecule has 0 spiro atoms. The number of nitrogens with one attached hydrogen (secondary N) is 1. The molecule has 2 amide bonds. The van der Waals surface area contributed by atoms with Crippen LogP contribution in [-0.4, -0.2) is 44.2 Å². The standard InChI is InChI=1S/C23H28N2O4/c1-4-28-20-7-5-18(6-8-20)12-22(26)24-13-21-14-25(23(27)15-29-21)19-10-16(2)9-17(3)11-19/h5-11,21H,4,12-15H2,1-3H3,(H,24,26). The summed E-state index contributed by atoms with van der Waals surface area (Å²) < 4.78 is 11.0. The second-order valence-electron chi connectivity index (χ2n) is 7.34. The van der Waals surface area contributed by atoms with E-state index >= 15 is 0 Å². The summed E-state index contributed by atoms with van der Waals surface area (Å²) in [5.74, 6) is 0.656. The van der Waals surface area contributed by atoms with Crippen molar-refractivity contribution in [2.75, 3.05) is 31.2 Å². The predicted octanol–water partition coefficient (Wildman–Crippen LogP) is 2.79. The third-order valence-electron chi connectivity index (χ3n) is 4.77. The topological polar surface area (TPSA) is 67.9 Å². The van der Waals surface area contributed by atoms with E-state index in [0.29, 0.717) is 26.1 Å². The van der Waals surface area contributed by atoms with E-state index in [0.717, 1.165) is 28.1 Å². The minimum absolute atomic E-state index is 0.0203. The zero-order chi connectivity index (χ0) is 20.8. The van der Waals surface area contributed by atoms with Crippen LogP contribution in [0.1, 0.15) is 23.6 Å². The molecule has 1 heterocycles. The summed E-state index contributed by atoms with van der Waals surface area (Å²) in [5.41, 5.74) is 4.02. The quantitative estimate of drug-likeness (QED) is 0.782. The molecule has 2 aromatic carbocycles. The zero-order valence-electron chi connectivity index (χ0n) is 17.2. The second-order valence-corrected chi connectivity index (χ2v) is 7.34. The number of rotatable bonds is 7. The van der Waals surface area contributed by atoms with E-state index in [-0.39, 0.29) is 24.5 Å². The summed E-state index contributed by atoms with van der Waals surface area (Å²) in [5, 5.41) is 2.92. The summed E-state index contributed by atoms with van der Waals surface area (Å²) in [6.45, 7) is 7.38. The molecular formula is C23H28N2O4. The first-order chi connectivity index (χ1) is 13.9. The Balaban J connectivity index is 1.53. The molecule has 1 atom stereocenters. The monoisotopic (exact) mass is 396 g/mol. The minimum Gasteiger partial charge on any atom is -0.494 e. The number of anilines is 1. The van der Waals surface area contributed by atoms with Gasteiger partial charge in [-0.25, -0.2) is 0 Å². The first-order valence-electron chi connectivity index (χ1n) is 9.93. The highest BCUT2D eigenvalue weighted by Crippen LogP contribution is 2.22. The van der Waals surface area contributed by atoms with E-state index in [2.05, 4.69) is 11.4 Å². The van der Waals surface area contributed by atoms with Crippen LogP contribution in [0.3, 0.4) is 0 Å². The molecule has 1 aliphatic rings. The number of ether oxygens (including phenoxy) is 2. The molecule has 154 valence electrons. The first kappa shape index (κ1) is 20.9. The molecule has 1 aliphatic heterocycles. The van der Waals surface area contributed by atoms with Crippen molar-refractivity contribution in [2.45, 2.75) is 33.3 Å². The number of benzene rings is 2. The summed E-state index contributed by atoms with van der Waals surface area (Å²) in [6.07, 6.45) is 0.0524. The average molecular weight is 396 g/mol. The average Bonchev–Trinajstić information content (AvgIpc) is 2.68. The maximum atomic E-state index is 12.3. The van der Waals surface area contributed by atoms with Crippen LogP contribution in [-0.2, 0) is 20.7 Å². The number of hydrogen-bond acceptors (Lipinski definition) is 4. The smallest absolute Gasteiger partial charge is 0.253 e. The maximum Gasteiger partial charge on any atom is 0.253 e. The number of hydrogen-bond donors (Lipinski definition) is 1. The van der Waals surface area contributed by atoms with Gasteiger partial charge in [-0.05, 0) is 61.7 Å². The van der Waals surface area contributed by atoms with E-state index in [1.165, 1.54) is 0 Å². The third kappa shape index (κ3) is 5.81. The van der Waals surface area contributed by atoms with E-state index in [1.54, 1.807) is 4.90 Å². The van der Waals surface area contributed by atoms with Crippen LogP contribution in [0.5, 0.6) is 5.75 Å². The highest BCUT2D eigenvalue weighted by Gasteiger charge is 2.28. The van der Waals surface area contributed by atoms with Crippen molar-refractivity contribution in [3.63, 3.8) is 0 Å². The van der Waals surface area contributed by atoms with E-state index in [4.69, 9.17) is 9.47 Å². The lowest BCUT2D eigenvalue weighted by Gasteiger charge is -2.33. The number of morpholine rings is 1. The van der Waals surface area contributed by atoms with Gasteiger partial charge in [0, 0.05) is 12.2 Å². The molecular weight excluding hydrogens is 368 g/mol. The molecule has 0 aromatic heterocycles. The molecule has 1 N–H and O–H groups in total. The third-order valence-corrected chi connectivity index (χ3v) is 4.77. The van der Waals surface area contributed by atoms with Crippen LogP contribution >= 0.6 is 0 Å². The van der Waals surface area contributed by atoms with Gasteiger partial charge in [0.1, 0.15) is 12.4 Å². The Morgan fingerprint density at radius 3 is 2.52 bits per heavy atom. The van der Waals surface area contributed by atoms with Gasteiger partial charge in [-0.1, -0.05) is 18.2 Å². The number of aryl methyl sites for hydroxylation is 2. The van der Waals surface area contributed by atoms with Gasteiger partial charge in [-0.3, -0.25) is 9.59 Å².